The second-order valence-electron chi connectivity index (χ2n) is 7.36. The van der Waals surface area contributed by atoms with Crippen molar-refractivity contribution in [2.24, 2.45) is 5.92 Å². The van der Waals surface area contributed by atoms with Crippen LogP contribution in [0.5, 0.6) is 0 Å². The van der Waals surface area contributed by atoms with Crippen molar-refractivity contribution < 1.29 is 9.84 Å². The number of fused-ring (bicyclic) bond motifs is 1. The van der Waals surface area contributed by atoms with Crippen LogP contribution in [0.1, 0.15) is 66.2 Å². The Labute approximate surface area is 141 Å². The molecular weight excluding hydrogens is 284 g/mol. The van der Waals surface area contributed by atoms with E-state index in [1.165, 1.54) is 30.4 Å². The van der Waals surface area contributed by atoms with Crippen LogP contribution in [0.2, 0.25) is 0 Å². The van der Waals surface area contributed by atoms with Crippen LogP contribution in [0.15, 0.2) is 47.3 Å². The zero-order chi connectivity index (χ0) is 16.9. The number of allylic oxidation sites excluding steroid dienone is 4. The first-order valence-electron chi connectivity index (χ1n) is 9.05. The van der Waals surface area contributed by atoms with E-state index in [0.717, 1.165) is 25.0 Å². The molecule has 1 aliphatic heterocycles. The maximum atomic E-state index is 10.4. The molecule has 0 aromatic heterocycles. The summed E-state index contributed by atoms with van der Waals surface area (Å²) in [6.45, 7) is 8.61. The standard InChI is InChI=1S/C21H32O2/c1-5-6-7-10-17-14-19(22)18-11-13-21(4,23-20(18)15-17)12-8-9-16(2)3/h9,11,13-15,18-19,22H,5-8,10,12H2,1-4H3. The van der Waals surface area contributed by atoms with E-state index in [2.05, 4.69) is 52.0 Å². The molecule has 0 fully saturated rings. The SMILES string of the molecule is CCCCCC1=CC(O)C2C=CC(C)(CCC=C(C)C)OC2=C1. The van der Waals surface area contributed by atoms with Gasteiger partial charge in [0.1, 0.15) is 11.4 Å². The molecule has 0 amide bonds. The number of rotatable bonds is 7. The molecule has 0 radical (unpaired) electrons. The Morgan fingerprint density at radius 3 is 2.83 bits per heavy atom. The van der Waals surface area contributed by atoms with E-state index in [4.69, 9.17) is 4.74 Å². The molecule has 1 aliphatic carbocycles. The van der Waals surface area contributed by atoms with Gasteiger partial charge in [0.25, 0.3) is 0 Å². The van der Waals surface area contributed by atoms with Crippen molar-refractivity contribution in [2.75, 3.05) is 0 Å². The van der Waals surface area contributed by atoms with E-state index < -0.39 is 6.10 Å². The second kappa shape index (κ2) is 8.01. The summed E-state index contributed by atoms with van der Waals surface area (Å²) in [4.78, 5) is 0. The van der Waals surface area contributed by atoms with Gasteiger partial charge in [-0.2, -0.15) is 0 Å². The van der Waals surface area contributed by atoms with Crippen molar-refractivity contribution >= 4 is 0 Å². The van der Waals surface area contributed by atoms with Gasteiger partial charge < -0.3 is 9.84 Å². The largest absolute Gasteiger partial charge is 0.487 e. The molecule has 0 bridgehead atoms. The van der Waals surface area contributed by atoms with Crippen molar-refractivity contribution in [3.05, 3.63) is 47.3 Å². The third-order valence-electron chi connectivity index (χ3n) is 4.68. The zero-order valence-electron chi connectivity index (χ0n) is 15.1. The number of aliphatic hydroxyl groups excluding tert-OH is 1. The van der Waals surface area contributed by atoms with Gasteiger partial charge in [0.05, 0.1) is 12.0 Å². The minimum Gasteiger partial charge on any atom is -0.487 e. The van der Waals surface area contributed by atoms with Gasteiger partial charge in [0, 0.05) is 0 Å². The predicted octanol–water partition coefficient (Wildman–Crippen LogP) is 5.46. The summed E-state index contributed by atoms with van der Waals surface area (Å²) in [5.74, 6) is 0.926. The summed E-state index contributed by atoms with van der Waals surface area (Å²) < 4.78 is 6.31. The summed E-state index contributed by atoms with van der Waals surface area (Å²) in [5, 5.41) is 10.4. The van der Waals surface area contributed by atoms with Gasteiger partial charge in [-0.1, -0.05) is 43.6 Å². The Morgan fingerprint density at radius 2 is 2.13 bits per heavy atom. The molecule has 3 unspecified atom stereocenters. The summed E-state index contributed by atoms with van der Waals surface area (Å²) in [5.41, 5.74) is 2.30. The predicted molar refractivity (Wildman–Crippen MR) is 97.1 cm³/mol. The van der Waals surface area contributed by atoms with Crippen LogP contribution in [0, 0.1) is 5.92 Å². The second-order valence-corrected chi connectivity index (χ2v) is 7.36. The maximum absolute atomic E-state index is 10.4. The van der Waals surface area contributed by atoms with Gasteiger partial charge in [-0.25, -0.2) is 0 Å². The number of hydrogen-bond donors (Lipinski definition) is 1. The van der Waals surface area contributed by atoms with Gasteiger partial charge in [0.2, 0.25) is 0 Å². The lowest BCUT2D eigenvalue weighted by Gasteiger charge is -2.38. The molecule has 2 aliphatic rings. The van der Waals surface area contributed by atoms with Gasteiger partial charge in [0.15, 0.2) is 0 Å². The minimum atomic E-state index is -0.454. The molecule has 128 valence electrons. The monoisotopic (exact) mass is 316 g/mol. The normalized spacial score (nSPS) is 29.3. The number of hydrogen-bond acceptors (Lipinski definition) is 2. The van der Waals surface area contributed by atoms with E-state index in [1.54, 1.807) is 0 Å². The lowest BCUT2D eigenvalue weighted by atomic mass is 9.85. The van der Waals surface area contributed by atoms with Crippen molar-refractivity contribution in [1.29, 1.82) is 0 Å². The summed E-state index contributed by atoms with van der Waals surface area (Å²) in [7, 11) is 0. The first-order chi connectivity index (χ1) is 10.9. The fourth-order valence-electron chi connectivity index (χ4n) is 3.25. The van der Waals surface area contributed by atoms with Crippen LogP contribution >= 0.6 is 0 Å². The van der Waals surface area contributed by atoms with Crippen LogP contribution in [-0.4, -0.2) is 16.8 Å². The van der Waals surface area contributed by atoms with E-state index in [0.29, 0.717) is 0 Å². The fraction of sp³-hybridized carbons (Fsp3) is 0.619. The van der Waals surface area contributed by atoms with E-state index >= 15 is 0 Å². The Hall–Kier alpha value is -1.28. The topological polar surface area (TPSA) is 29.5 Å². The third kappa shape index (κ3) is 5.10. The molecule has 0 aromatic carbocycles. The van der Waals surface area contributed by atoms with Gasteiger partial charge in [-0.15, -0.1) is 0 Å². The molecule has 2 rings (SSSR count). The highest BCUT2D eigenvalue weighted by atomic mass is 16.5. The zero-order valence-corrected chi connectivity index (χ0v) is 15.1. The average molecular weight is 316 g/mol. The molecule has 0 saturated carbocycles. The number of aliphatic hydroxyl groups is 1. The molecule has 2 nitrogen and oxygen atoms in total. The molecule has 23 heavy (non-hydrogen) atoms. The Kier molecular flexibility index (Phi) is 6.29. The Bertz CT molecular complexity index is 520. The van der Waals surface area contributed by atoms with Gasteiger partial charge in [-0.05, 0) is 64.2 Å². The lowest BCUT2D eigenvalue weighted by molar-refractivity contribution is 0.0128. The van der Waals surface area contributed by atoms with Crippen LogP contribution in [0.4, 0.5) is 0 Å². The first-order valence-corrected chi connectivity index (χ1v) is 9.05. The first kappa shape index (κ1) is 18.1. The van der Waals surface area contributed by atoms with E-state index in [-0.39, 0.29) is 11.5 Å². The Morgan fingerprint density at radius 1 is 1.35 bits per heavy atom. The van der Waals surface area contributed by atoms with Crippen molar-refractivity contribution in [2.45, 2.75) is 77.9 Å². The summed E-state index contributed by atoms with van der Waals surface area (Å²) >= 11 is 0. The van der Waals surface area contributed by atoms with E-state index in [9.17, 15) is 5.11 Å². The van der Waals surface area contributed by atoms with Crippen LogP contribution in [0.3, 0.4) is 0 Å². The van der Waals surface area contributed by atoms with E-state index in [1.807, 2.05) is 6.08 Å². The third-order valence-corrected chi connectivity index (χ3v) is 4.68. The molecule has 0 spiro atoms. The van der Waals surface area contributed by atoms with Crippen molar-refractivity contribution in [3.8, 4) is 0 Å². The smallest absolute Gasteiger partial charge is 0.124 e. The molecule has 0 saturated heterocycles. The molecule has 1 N–H and O–H groups in total. The minimum absolute atomic E-state index is 0.0125. The quantitative estimate of drug-likeness (QED) is 0.499. The Balaban J connectivity index is 2.05. The van der Waals surface area contributed by atoms with Crippen molar-refractivity contribution in [1.82, 2.24) is 0 Å². The average Bonchev–Trinajstić information content (AvgIpc) is 2.46. The number of unbranched alkanes of at least 4 members (excludes halogenated alkanes) is 2. The summed E-state index contributed by atoms with van der Waals surface area (Å²) in [6, 6.07) is 0. The number of ether oxygens (including phenoxy) is 1. The van der Waals surface area contributed by atoms with Crippen LogP contribution < -0.4 is 0 Å². The van der Waals surface area contributed by atoms with Crippen molar-refractivity contribution in [3.63, 3.8) is 0 Å². The molecule has 2 heteroatoms. The van der Waals surface area contributed by atoms with Crippen LogP contribution in [-0.2, 0) is 4.74 Å². The summed E-state index contributed by atoms with van der Waals surface area (Å²) in [6.07, 6.45) is 16.9. The fourth-order valence-corrected chi connectivity index (χ4v) is 3.25. The van der Waals surface area contributed by atoms with Gasteiger partial charge in [-0.3, -0.25) is 0 Å². The molecular formula is C21H32O2. The highest BCUT2D eigenvalue weighted by Crippen LogP contribution is 2.38. The molecule has 1 heterocycles. The molecule has 0 aromatic rings. The lowest BCUT2D eigenvalue weighted by Crippen LogP contribution is -2.35. The highest BCUT2D eigenvalue weighted by molar-refractivity contribution is 5.35. The highest BCUT2D eigenvalue weighted by Gasteiger charge is 2.35. The maximum Gasteiger partial charge on any atom is 0.124 e. The van der Waals surface area contributed by atoms with Gasteiger partial charge >= 0.3 is 0 Å². The molecule has 3 atom stereocenters. The van der Waals surface area contributed by atoms with Crippen LogP contribution in [0.25, 0.3) is 0 Å².